The fourth-order valence-corrected chi connectivity index (χ4v) is 3.54. The molecule has 7 heteroatoms. The largest absolute Gasteiger partial charge is 0.443 e. The van der Waals surface area contributed by atoms with E-state index < -0.39 is 0 Å². The van der Waals surface area contributed by atoms with E-state index in [0.717, 1.165) is 41.0 Å². The van der Waals surface area contributed by atoms with E-state index in [1.54, 1.807) is 24.6 Å². The molecule has 1 aromatic carbocycles. The Morgan fingerprint density at radius 3 is 2.59 bits per heavy atom. The summed E-state index contributed by atoms with van der Waals surface area (Å²) in [6, 6.07) is 8.48. The zero-order valence-electron chi connectivity index (χ0n) is 17.7. The molecule has 3 aromatic rings. The van der Waals surface area contributed by atoms with Crippen molar-refractivity contribution in [2.75, 3.05) is 13.6 Å². The Kier molecular flexibility index (Phi) is 6.69. The predicted molar refractivity (Wildman–Crippen MR) is 119 cm³/mol. The number of aryl methyl sites for hydroxylation is 1. The fraction of sp³-hybridized carbons (Fsp3) is 0.409. The van der Waals surface area contributed by atoms with E-state index in [0.29, 0.717) is 12.4 Å². The van der Waals surface area contributed by atoms with Crippen molar-refractivity contribution >= 4 is 17.3 Å². The van der Waals surface area contributed by atoms with E-state index >= 15 is 0 Å². The van der Waals surface area contributed by atoms with Crippen molar-refractivity contribution in [1.29, 1.82) is 0 Å². The number of nitrogens with zero attached hydrogens (tertiary/aromatic N) is 3. The number of aliphatic imine (C=N–C) groups is 1. The molecule has 3 rings (SSSR count). The van der Waals surface area contributed by atoms with Crippen molar-refractivity contribution in [3.63, 3.8) is 0 Å². The monoisotopic (exact) mass is 411 g/mol. The Morgan fingerprint density at radius 2 is 1.93 bits per heavy atom. The molecule has 0 saturated carbocycles. The van der Waals surface area contributed by atoms with Crippen molar-refractivity contribution in [2.24, 2.45) is 4.99 Å². The average molecular weight is 412 g/mol. The lowest BCUT2D eigenvalue weighted by Gasteiger charge is -2.13. The highest BCUT2D eigenvalue weighted by Crippen LogP contribution is 2.24. The van der Waals surface area contributed by atoms with Gasteiger partial charge in [-0.05, 0) is 6.92 Å². The lowest BCUT2D eigenvalue weighted by Crippen LogP contribution is -2.37. The summed E-state index contributed by atoms with van der Waals surface area (Å²) >= 11 is 1.68. The maximum absolute atomic E-state index is 5.80. The Balaban J connectivity index is 1.46. The molecule has 0 saturated heterocycles. The highest BCUT2D eigenvalue weighted by molar-refractivity contribution is 7.13. The molecule has 6 nitrogen and oxygen atoms in total. The Labute approximate surface area is 176 Å². The van der Waals surface area contributed by atoms with Gasteiger partial charge in [0.05, 0.1) is 18.4 Å². The Hall–Kier alpha value is -2.67. The SMILES string of the molecule is CN=C(NCCc1csc(-c2ccc(C)cc2)n1)NCc1ncc(C(C)(C)C)o1. The molecular weight excluding hydrogens is 382 g/mol. The first kappa shape index (κ1) is 21.0. The molecule has 0 amide bonds. The summed E-state index contributed by atoms with van der Waals surface area (Å²) in [5.74, 6) is 2.25. The predicted octanol–water partition coefficient (Wildman–Crippen LogP) is 4.31. The van der Waals surface area contributed by atoms with Gasteiger partial charge in [0.15, 0.2) is 5.96 Å². The van der Waals surface area contributed by atoms with Gasteiger partial charge in [0.25, 0.3) is 0 Å². The van der Waals surface area contributed by atoms with Gasteiger partial charge in [-0.15, -0.1) is 11.3 Å². The highest BCUT2D eigenvalue weighted by Gasteiger charge is 2.19. The third kappa shape index (κ3) is 5.90. The minimum atomic E-state index is -0.0455. The van der Waals surface area contributed by atoms with Crippen LogP contribution in [0.3, 0.4) is 0 Å². The molecule has 0 aliphatic heterocycles. The number of nitrogens with one attached hydrogen (secondary N) is 2. The van der Waals surface area contributed by atoms with E-state index in [9.17, 15) is 0 Å². The number of hydrogen-bond donors (Lipinski definition) is 2. The lowest BCUT2D eigenvalue weighted by molar-refractivity contribution is 0.379. The number of oxazole rings is 1. The van der Waals surface area contributed by atoms with Crippen LogP contribution >= 0.6 is 11.3 Å². The van der Waals surface area contributed by atoms with Crippen LogP contribution in [-0.2, 0) is 18.4 Å². The molecular formula is C22H29N5OS. The minimum absolute atomic E-state index is 0.0455. The van der Waals surface area contributed by atoms with Crippen LogP contribution in [-0.4, -0.2) is 29.5 Å². The van der Waals surface area contributed by atoms with Crippen LogP contribution in [0.15, 0.2) is 45.3 Å². The Bertz CT molecular complexity index is 950. The first-order valence-corrected chi connectivity index (χ1v) is 10.6. The van der Waals surface area contributed by atoms with Crippen LogP contribution in [0, 0.1) is 6.92 Å². The molecule has 154 valence electrons. The number of aromatic nitrogens is 2. The van der Waals surface area contributed by atoms with Crippen LogP contribution in [0.5, 0.6) is 0 Å². The zero-order valence-corrected chi connectivity index (χ0v) is 18.6. The second-order valence-electron chi connectivity index (χ2n) is 7.98. The van der Waals surface area contributed by atoms with Crippen molar-refractivity contribution in [1.82, 2.24) is 20.6 Å². The lowest BCUT2D eigenvalue weighted by atomic mass is 9.94. The van der Waals surface area contributed by atoms with E-state index in [-0.39, 0.29) is 5.41 Å². The van der Waals surface area contributed by atoms with Gasteiger partial charge >= 0.3 is 0 Å². The summed E-state index contributed by atoms with van der Waals surface area (Å²) in [5.41, 5.74) is 3.46. The highest BCUT2D eigenvalue weighted by atomic mass is 32.1. The fourth-order valence-electron chi connectivity index (χ4n) is 2.68. The van der Waals surface area contributed by atoms with Crippen LogP contribution in [0.25, 0.3) is 10.6 Å². The Morgan fingerprint density at radius 1 is 1.17 bits per heavy atom. The number of hydrogen-bond acceptors (Lipinski definition) is 5. The van der Waals surface area contributed by atoms with Gasteiger partial charge in [-0.2, -0.15) is 0 Å². The average Bonchev–Trinajstić information content (AvgIpc) is 3.34. The van der Waals surface area contributed by atoms with Gasteiger partial charge in [-0.25, -0.2) is 9.97 Å². The molecule has 2 heterocycles. The summed E-state index contributed by atoms with van der Waals surface area (Å²) < 4.78 is 5.80. The van der Waals surface area contributed by atoms with E-state index in [1.165, 1.54) is 5.56 Å². The molecule has 29 heavy (non-hydrogen) atoms. The van der Waals surface area contributed by atoms with Crippen LogP contribution in [0.4, 0.5) is 0 Å². The second kappa shape index (κ2) is 9.22. The topological polar surface area (TPSA) is 75.3 Å². The molecule has 0 radical (unpaired) electrons. The van der Waals surface area contributed by atoms with Crippen LogP contribution in [0.1, 0.15) is 43.7 Å². The van der Waals surface area contributed by atoms with Gasteiger partial charge < -0.3 is 15.1 Å². The maximum Gasteiger partial charge on any atom is 0.213 e. The summed E-state index contributed by atoms with van der Waals surface area (Å²) in [4.78, 5) is 13.3. The summed E-state index contributed by atoms with van der Waals surface area (Å²) in [7, 11) is 1.75. The molecule has 0 spiro atoms. The smallest absolute Gasteiger partial charge is 0.213 e. The van der Waals surface area contributed by atoms with Crippen molar-refractivity contribution < 1.29 is 4.42 Å². The maximum atomic E-state index is 5.80. The standard InChI is InChI=1S/C22H29N5OS/c1-15-6-8-16(9-7-15)20-27-17(14-29-20)10-11-24-21(23-5)26-13-19-25-12-18(28-19)22(2,3)4/h6-9,12,14H,10-11,13H2,1-5H3,(H2,23,24,26). The van der Waals surface area contributed by atoms with E-state index in [4.69, 9.17) is 9.40 Å². The quantitative estimate of drug-likeness (QED) is 0.467. The molecule has 0 bridgehead atoms. The van der Waals surface area contributed by atoms with Gasteiger partial charge in [0, 0.05) is 36.4 Å². The van der Waals surface area contributed by atoms with Crippen LogP contribution < -0.4 is 10.6 Å². The first-order chi connectivity index (χ1) is 13.8. The molecule has 2 N–H and O–H groups in total. The summed E-state index contributed by atoms with van der Waals surface area (Å²) in [6.07, 6.45) is 2.62. The van der Waals surface area contributed by atoms with Crippen LogP contribution in [0.2, 0.25) is 0 Å². The van der Waals surface area contributed by atoms with Crippen molar-refractivity contribution in [3.8, 4) is 10.6 Å². The molecule has 0 unspecified atom stereocenters. The number of guanidine groups is 1. The number of benzene rings is 1. The number of rotatable bonds is 6. The van der Waals surface area contributed by atoms with Gasteiger partial charge in [0.1, 0.15) is 10.8 Å². The second-order valence-corrected chi connectivity index (χ2v) is 8.84. The van der Waals surface area contributed by atoms with Crippen molar-refractivity contribution in [2.45, 2.75) is 46.1 Å². The molecule has 0 aliphatic rings. The zero-order chi connectivity index (χ0) is 20.9. The molecule has 2 aromatic heterocycles. The molecule has 0 aliphatic carbocycles. The van der Waals surface area contributed by atoms with Crippen molar-refractivity contribution in [3.05, 3.63) is 58.8 Å². The third-order valence-electron chi connectivity index (χ3n) is 4.45. The molecule has 0 atom stereocenters. The third-order valence-corrected chi connectivity index (χ3v) is 5.39. The summed E-state index contributed by atoms with van der Waals surface area (Å²) in [6.45, 7) is 9.64. The summed E-state index contributed by atoms with van der Waals surface area (Å²) in [5, 5.41) is 9.73. The van der Waals surface area contributed by atoms with Gasteiger partial charge in [-0.3, -0.25) is 4.99 Å². The van der Waals surface area contributed by atoms with E-state index in [1.807, 2.05) is 0 Å². The minimum Gasteiger partial charge on any atom is -0.443 e. The van der Waals surface area contributed by atoms with Gasteiger partial charge in [-0.1, -0.05) is 50.6 Å². The number of thiazole rings is 1. The first-order valence-electron chi connectivity index (χ1n) is 9.76. The normalized spacial score (nSPS) is 12.2. The van der Waals surface area contributed by atoms with Gasteiger partial charge in [0.2, 0.25) is 5.89 Å². The van der Waals surface area contributed by atoms with E-state index in [2.05, 4.69) is 78.0 Å². The molecule has 0 fully saturated rings.